The van der Waals surface area contributed by atoms with Crippen molar-refractivity contribution >= 4 is 46.4 Å². The third-order valence-electron chi connectivity index (χ3n) is 4.33. The van der Waals surface area contributed by atoms with E-state index in [4.69, 9.17) is 1.37 Å². The number of aromatic nitrogens is 4. The number of aliphatic hydroxyl groups excluding tert-OH is 1. The number of hydrogen-bond donors (Lipinski definition) is 3. The SMILES string of the molecule is [2H]c1c(CO)c2cc3nc(cc4ccc(cc5nc(cc1[nH]2)C=C5)[nH]4)C=C3. The zero-order valence-corrected chi connectivity index (χ0v) is 13.8. The van der Waals surface area contributed by atoms with Crippen LogP contribution in [0.5, 0.6) is 0 Å². The van der Waals surface area contributed by atoms with Crippen LogP contribution in [0.1, 0.15) is 29.7 Å². The topological polar surface area (TPSA) is 77.6 Å². The van der Waals surface area contributed by atoms with Crippen LogP contribution in [0.2, 0.25) is 0 Å². The molecule has 5 nitrogen and oxygen atoms in total. The molecule has 3 aromatic heterocycles. The minimum atomic E-state index is -0.215. The van der Waals surface area contributed by atoms with Gasteiger partial charge in [-0.2, -0.15) is 0 Å². The minimum Gasteiger partial charge on any atom is -0.392 e. The van der Waals surface area contributed by atoms with E-state index in [9.17, 15) is 5.11 Å². The van der Waals surface area contributed by atoms with Gasteiger partial charge in [0.2, 0.25) is 0 Å². The molecule has 3 N–H and O–H groups in total. The number of hydrogen-bond acceptors (Lipinski definition) is 3. The number of fused-ring (bicyclic) bond motifs is 8. The summed E-state index contributed by atoms with van der Waals surface area (Å²) in [5.74, 6) is 0. The van der Waals surface area contributed by atoms with Gasteiger partial charge in [-0.05, 0) is 66.7 Å². The van der Waals surface area contributed by atoms with Gasteiger partial charge in [-0.25, -0.2) is 9.97 Å². The molecule has 5 heteroatoms. The van der Waals surface area contributed by atoms with Crippen molar-refractivity contribution in [1.82, 2.24) is 19.9 Å². The lowest BCUT2D eigenvalue weighted by atomic mass is 10.2. The van der Waals surface area contributed by atoms with Crippen LogP contribution < -0.4 is 0 Å². The maximum atomic E-state index is 9.73. The average molecular weight is 341 g/mol. The summed E-state index contributed by atoms with van der Waals surface area (Å²) >= 11 is 0. The fourth-order valence-corrected chi connectivity index (χ4v) is 3.12. The molecular formula is C21H16N4O. The van der Waals surface area contributed by atoms with E-state index in [1.807, 2.05) is 60.7 Å². The fraction of sp³-hybridized carbons (Fsp3) is 0.0476. The van der Waals surface area contributed by atoms with Crippen molar-refractivity contribution in [3.63, 3.8) is 0 Å². The van der Waals surface area contributed by atoms with Gasteiger partial charge in [0, 0.05) is 27.6 Å². The predicted octanol–water partition coefficient (Wildman–Crippen LogP) is 4.15. The molecule has 0 spiro atoms. The highest BCUT2D eigenvalue weighted by atomic mass is 16.3. The Hall–Kier alpha value is -3.44. The minimum absolute atomic E-state index is 0.215. The third kappa shape index (κ3) is 2.74. The molecule has 0 aliphatic carbocycles. The quantitative estimate of drug-likeness (QED) is 0.429. The normalized spacial score (nSPS) is 13.2. The molecule has 126 valence electrons. The molecule has 0 unspecified atom stereocenters. The second kappa shape index (κ2) is 5.82. The largest absolute Gasteiger partial charge is 0.392 e. The van der Waals surface area contributed by atoms with E-state index in [2.05, 4.69) is 19.9 Å². The molecule has 0 saturated carbocycles. The Morgan fingerprint density at radius 2 is 1.31 bits per heavy atom. The second-order valence-electron chi connectivity index (χ2n) is 6.25. The lowest BCUT2D eigenvalue weighted by Gasteiger charge is -1.89. The zero-order chi connectivity index (χ0) is 18.4. The molecule has 5 rings (SSSR count). The van der Waals surface area contributed by atoms with Crippen LogP contribution in [-0.2, 0) is 6.61 Å². The predicted molar refractivity (Wildman–Crippen MR) is 105 cm³/mol. The molecule has 5 heterocycles. The fourth-order valence-electron chi connectivity index (χ4n) is 3.12. The van der Waals surface area contributed by atoms with Crippen molar-refractivity contribution < 1.29 is 6.48 Å². The van der Waals surface area contributed by atoms with Crippen molar-refractivity contribution in [2.24, 2.45) is 0 Å². The molecule has 8 bridgehead atoms. The summed E-state index contributed by atoms with van der Waals surface area (Å²) in [4.78, 5) is 15.7. The van der Waals surface area contributed by atoms with E-state index in [0.717, 1.165) is 33.8 Å². The first-order valence-corrected chi connectivity index (χ1v) is 8.36. The van der Waals surface area contributed by atoms with Crippen molar-refractivity contribution in [3.8, 4) is 0 Å². The zero-order valence-electron chi connectivity index (χ0n) is 14.8. The van der Waals surface area contributed by atoms with E-state index < -0.39 is 0 Å². The monoisotopic (exact) mass is 341 g/mol. The van der Waals surface area contributed by atoms with Gasteiger partial charge in [0.1, 0.15) is 0 Å². The average Bonchev–Trinajstić information content (AvgIpc) is 3.41. The summed E-state index contributed by atoms with van der Waals surface area (Å²) in [6, 6.07) is 11.9. The van der Waals surface area contributed by atoms with Gasteiger partial charge in [-0.15, -0.1) is 0 Å². The molecule has 0 amide bonds. The Balaban J connectivity index is 1.89. The van der Waals surface area contributed by atoms with E-state index in [1.165, 1.54) is 0 Å². The van der Waals surface area contributed by atoms with E-state index in [-0.39, 0.29) is 12.6 Å². The van der Waals surface area contributed by atoms with E-state index >= 15 is 0 Å². The Labute approximate surface area is 150 Å². The molecule has 2 aliphatic rings. The Morgan fingerprint density at radius 3 is 1.88 bits per heavy atom. The molecule has 0 aromatic carbocycles. The van der Waals surface area contributed by atoms with Crippen LogP contribution in [0.25, 0.3) is 46.4 Å². The molecule has 26 heavy (non-hydrogen) atoms. The summed E-state index contributed by atoms with van der Waals surface area (Å²) in [6.07, 6.45) is 7.70. The van der Waals surface area contributed by atoms with Crippen molar-refractivity contribution in [2.75, 3.05) is 0 Å². The number of nitrogens with one attached hydrogen (secondary N) is 2. The first kappa shape index (κ1) is 13.8. The van der Waals surface area contributed by atoms with Crippen LogP contribution in [0.4, 0.5) is 0 Å². The van der Waals surface area contributed by atoms with Gasteiger partial charge < -0.3 is 15.1 Å². The van der Waals surface area contributed by atoms with Gasteiger partial charge in [0.15, 0.2) is 0 Å². The summed E-state index contributed by atoms with van der Waals surface area (Å²) in [5.41, 5.74) is 6.96. The van der Waals surface area contributed by atoms with Gasteiger partial charge in [0.25, 0.3) is 0 Å². The van der Waals surface area contributed by atoms with Crippen molar-refractivity contribution in [2.45, 2.75) is 6.61 Å². The molecule has 0 radical (unpaired) electrons. The lowest BCUT2D eigenvalue weighted by molar-refractivity contribution is 0.283. The Kier molecular flexibility index (Phi) is 3.09. The summed E-state index contributed by atoms with van der Waals surface area (Å²) in [6.45, 7) is -0.215. The highest BCUT2D eigenvalue weighted by Gasteiger charge is 2.04. The molecule has 3 aromatic rings. The lowest BCUT2D eigenvalue weighted by Crippen LogP contribution is -1.79. The number of aliphatic hydroxyl groups is 1. The molecule has 0 atom stereocenters. The van der Waals surface area contributed by atoms with Gasteiger partial charge >= 0.3 is 0 Å². The van der Waals surface area contributed by atoms with E-state index in [1.54, 1.807) is 0 Å². The first-order valence-electron chi connectivity index (χ1n) is 8.86. The Bertz CT molecular complexity index is 1280. The summed E-state index contributed by atoms with van der Waals surface area (Å²) < 4.78 is 8.36. The van der Waals surface area contributed by atoms with Crippen molar-refractivity contribution in [1.29, 1.82) is 0 Å². The van der Waals surface area contributed by atoms with Crippen LogP contribution >= 0.6 is 0 Å². The Morgan fingerprint density at radius 1 is 0.769 bits per heavy atom. The number of rotatable bonds is 1. The van der Waals surface area contributed by atoms with Crippen LogP contribution in [0.3, 0.4) is 0 Å². The third-order valence-corrected chi connectivity index (χ3v) is 4.33. The second-order valence-corrected chi connectivity index (χ2v) is 6.25. The molecule has 2 aliphatic heterocycles. The van der Waals surface area contributed by atoms with Crippen LogP contribution in [-0.4, -0.2) is 25.0 Å². The van der Waals surface area contributed by atoms with Gasteiger partial charge in [0.05, 0.1) is 30.8 Å². The highest BCUT2D eigenvalue weighted by molar-refractivity contribution is 5.78. The number of H-pyrrole nitrogens is 2. The maximum Gasteiger partial charge on any atom is 0.0702 e. The number of nitrogens with zero attached hydrogens (tertiary/aromatic N) is 2. The standard InChI is InChI=1S/C21H16N4O/c26-12-13-7-20-10-18-4-3-16(23-18)8-14-1-2-15(22-14)9-17-5-6-19(24-17)11-21(13)25-20/h1-11,22,25-26H,12H2/i7D. The summed E-state index contributed by atoms with van der Waals surface area (Å²) in [7, 11) is 0. The van der Waals surface area contributed by atoms with Gasteiger partial charge in [-0.1, -0.05) is 0 Å². The molecular weight excluding hydrogens is 324 g/mol. The molecule has 0 saturated heterocycles. The summed E-state index contributed by atoms with van der Waals surface area (Å²) in [5, 5.41) is 9.73. The van der Waals surface area contributed by atoms with E-state index in [0.29, 0.717) is 16.6 Å². The van der Waals surface area contributed by atoms with Gasteiger partial charge in [-0.3, -0.25) is 0 Å². The smallest absolute Gasteiger partial charge is 0.0702 e. The highest BCUT2D eigenvalue weighted by Crippen LogP contribution is 2.19. The van der Waals surface area contributed by atoms with Crippen LogP contribution in [0.15, 0.2) is 42.4 Å². The number of aromatic amines is 2. The first-order chi connectivity index (χ1) is 13.2. The van der Waals surface area contributed by atoms with Crippen LogP contribution in [0, 0.1) is 0 Å². The molecule has 0 fully saturated rings. The van der Waals surface area contributed by atoms with Crippen molar-refractivity contribution in [3.05, 3.63) is 70.8 Å². The maximum absolute atomic E-state index is 9.73.